The van der Waals surface area contributed by atoms with Crippen LogP contribution in [-0.4, -0.2) is 19.5 Å². The summed E-state index contributed by atoms with van der Waals surface area (Å²) in [5, 5.41) is 3.70. The zero-order valence-corrected chi connectivity index (χ0v) is 14.7. The van der Waals surface area contributed by atoms with E-state index in [9.17, 15) is 13.2 Å². The highest BCUT2D eigenvalue weighted by Crippen LogP contribution is 2.13. The number of sulfonamides is 1. The molecule has 1 N–H and O–H groups in total. The zero-order valence-electron chi connectivity index (χ0n) is 13.8. The van der Waals surface area contributed by atoms with Crippen molar-refractivity contribution in [3.63, 3.8) is 0 Å². The monoisotopic (exact) mass is 376 g/mol. The molecule has 0 unspecified atom stereocenters. The first kappa shape index (κ1) is 17.9. The van der Waals surface area contributed by atoms with Gasteiger partial charge in [0.2, 0.25) is 10.0 Å². The number of nitrogens with zero attached hydrogens (tertiary/aromatic N) is 1. The number of ether oxygens (including phenoxy) is 1. The predicted octanol–water partition coefficient (Wildman–Crippen LogP) is 2.41. The lowest BCUT2D eigenvalue weighted by Crippen LogP contribution is -2.23. The van der Waals surface area contributed by atoms with Crippen molar-refractivity contribution in [3.05, 3.63) is 71.5 Å². The van der Waals surface area contributed by atoms with Crippen LogP contribution in [0.4, 0.5) is 0 Å². The van der Waals surface area contributed by atoms with Gasteiger partial charge in [-0.3, -0.25) is 0 Å². The molecule has 0 aliphatic carbocycles. The smallest absolute Gasteiger partial charge is 0.338 e. The fourth-order valence-electron chi connectivity index (χ4n) is 2.14. The summed E-state index contributed by atoms with van der Waals surface area (Å²) in [6.45, 7) is 1.74. The second-order valence-corrected chi connectivity index (χ2v) is 7.21. The molecule has 0 saturated heterocycles. The van der Waals surface area contributed by atoms with Crippen molar-refractivity contribution in [2.45, 2.75) is 25.0 Å². The van der Waals surface area contributed by atoms with Gasteiger partial charge in [0.15, 0.2) is 12.4 Å². The molecule has 3 aromatic rings. The maximum Gasteiger partial charge on any atom is 0.338 e. The lowest BCUT2D eigenvalue weighted by molar-refractivity contribution is 0.0437. The minimum Gasteiger partial charge on any atom is -0.468 e. The average molecular weight is 376 g/mol. The standard InChI is InChI=1S/C17H16N2O6S/c1-12-9-15(25-19-12)11-24-17(20)13-4-6-16(7-5-13)26(21,22)18-10-14-3-2-8-23-14/h2-9,18H,10-11H2,1H3. The largest absolute Gasteiger partial charge is 0.468 e. The number of nitrogens with one attached hydrogen (secondary N) is 1. The van der Waals surface area contributed by atoms with Crippen LogP contribution in [0.3, 0.4) is 0 Å². The van der Waals surface area contributed by atoms with Crippen molar-refractivity contribution in [1.82, 2.24) is 9.88 Å². The van der Waals surface area contributed by atoms with E-state index in [0.29, 0.717) is 17.2 Å². The van der Waals surface area contributed by atoms with Gasteiger partial charge in [0.05, 0.1) is 29.0 Å². The Labute approximate surface area is 149 Å². The van der Waals surface area contributed by atoms with E-state index in [1.165, 1.54) is 30.5 Å². The van der Waals surface area contributed by atoms with Gasteiger partial charge >= 0.3 is 5.97 Å². The van der Waals surface area contributed by atoms with Crippen LogP contribution < -0.4 is 4.72 Å². The predicted molar refractivity (Wildman–Crippen MR) is 89.5 cm³/mol. The molecule has 0 aliphatic rings. The summed E-state index contributed by atoms with van der Waals surface area (Å²) in [6, 6.07) is 10.4. The van der Waals surface area contributed by atoms with E-state index in [0.717, 1.165) is 0 Å². The Kier molecular flexibility index (Phi) is 5.19. The highest BCUT2D eigenvalue weighted by Gasteiger charge is 2.16. The Morgan fingerprint density at radius 1 is 1.19 bits per heavy atom. The van der Waals surface area contributed by atoms with E-state index in [2.05, 4.69) is 9.88 Å². The number of hydrogen-bond donors (Lipinski definition) is 1. The molecule has 0 saturated carbocycles. The molecule has 0 amide bonds. The van der Waals surface area contributed by atoms with Crippen LogP contribution in [0.25, 0.3) is 0 Å². The van der Waals surface area contributed by atoms with Gasteiger partial charge in [-0.25, -0.2) is 17.9 Å². The van der Waals surface area contributed by atoms with E-state index < -0.39 is 16.0 Å². The molecular formula is C17H16N2O6S. The van der Waals surface area contributed by atoms with Crippen LogP contribution in [0.1, 0.15) is 27.6 Å². The van der Waals surface area contributed by atoms with Gasteiger partial charge in [-0.15, -0.1) is 0 Å². The summed E-state index contributed by atoms with van der Waals surface area (Å²) >= 11 is 0. The van der Waals surface area contributed by atoms with Gasteiger partial charge < -0.3 is 13.7 Å². The van der Waals surface area contributed by atoms with Gasteiger partial charge in [0.25, 0.3) is 0 Å². The third kappa shape index (κ3) is 4.38. The van der Waals surface area contributed by atoms with Gasteiger partial charge in [0.1, 0.15) is 5.76 Å². The molecule has 0 aliphatic heterocycles. The number of carbonyl (C=O) groups is 1. The molecule has 2 aromatic heterocycles. The van der Waals surface area contributed by atoms with Crippen LogP contribution in [0.2, 0.25) is 0 Å². The Morgan fingerprint density at radius 3 is 2.58 bits per heavy atom. The van der Waals surface area contributed by atoms with Gasteiger partial charge in [-0.1, -0.05) is 5.16 Å². The number of carbonyl (C=O) groups excluding carboxylic acids is 1. The molecular weight excluding hydrogens is 360 g/mol. The van der Waals surface area contributed by atoms with Crippen molar-refractivity contribution < 1.29 is 26.9 Å². The number of esters is 1. The van der Waals surface area contributed by atoms with Crippen molar-refractivity contribution in [2.75, 3.05) is 0 Å². The fraction of sp³-hybridized carbons (Fsp3) is 0.176. The zero-order chi connectivity index (χ0) is 18.6. The second-order valence-electron chi connectivity index (χ2n) is 5.44. The van der Waals surface area contributed by atoms with Crippen LogP contribution in [0, 0.1) is 6.92 Å². The maximum atomic E-state index is 12.2. The maximum absolute atomic E-state index is 12.2. The minimum atomic E-state index is -3.72. The Morgan fingerprint density at radius 2 is 1.96 bits per heavy atom. The second kappa shape index (κ2) is 7.54. The number of hydrogen-bond acceptors (Lipinski definition) is 7. The summed E-state index contributed by atoms with van der Waals surface area (Å²) in [5.41, 5.74) is 0.916. The summed E-state index contributed by atoms with van der Waals surface area (Å²) in [5.74, 6) is 0.333. The molecule has 8 nitrogen and oxygen atoms in total. The van der Waals surface area contributed by atoms with Gasteiger partial charge in [-0.05, 0) is 43.3 Å². The van der Waals surface area contributed by atoms with Crippen molar-refractivity contribution in [2.24, 2.45) is 0 Å². The molecule has 26 heavy (non-hydrogen) atoms. The van der Waals surface area contributed by atoms with Crippen molar-refractivity contribution in [1.29, 1.82) is 0 Å². The fourth-order valence-corrected chi connectivity index (χ4v) is 3.13. The molecule has 2 heterocycles. The highest BCUT2D eigenvalue weighted by molar-refractivity contribution is 7.89. The SMILES string of the molecule is Cc1cc(COC(=O)c2ccc(S(=O)(=O)NCc3ccco3)cc2)on1. The number of benzene rings is 1. The lowest BCUT2D eigenvalue weighted by Gasteiger charge is -2.07. The van der Waals surface area contributed by atoms with E-state index in [1.807, 2.05) is 0 Å². The number of rotatable bonds is 7. The van der Waals surface area contributed by atoms with Crippen molar-refractivity contribution in [3.8, 4) is 0 Å². The Hall–Kier alpha value is -2.91. The summed E-state index contributed by atoms with van der Waals surface area (Å²) in [4.78, 5) is 12.0. The summed E-state index contributed by atoms with van der Waals surface area (Å²) < 4.78 is 42.0. The van der Waals surface area contributed by atoms with Crippen LogP contribution in [-0.2, 0) is 27.9 Å². The molecule has 3 rings (SSSR count). The number of aryl methyl sites for hydroxylation is 1. The first-order valence-electron chi connectivity index (χ1n) is 7.65. The molecule has 0 atom stereocenters. The lowest BCUT2D eigenvalue weighted by atomic mass is 10.2. The average Bonchev–Trinajstić information content (AvgIpc) is 3.30. The molecule has 0 radical (unpaired) electrons. The topological polar surface area (TPSA) is 112 Å². The van der Waals surface area contributed by atoms with E-state index in [-0.39, 0.29) is 23.6 Å². The third-order valence-electron chi connectivity index (χ3n) is 3.44. The molecule has 1 aromatic carbocycles. The normalized spacial score (nSPS) is 11.4. The van der Waals surface area contributed by atoms with Crippen LogP contribution in [0.5, 0.6) is 0 Å². The molecule has 9 heteroatoms. The molecule has 0 spiro atoms. The van der Waals surface area contributed by atoms with E-state index >= 15 is 0 Å². The number of furan rings is 1. The molecule has 0 fully saturated rings. The van der Waals surface area contributed by atoms with Gasteiger partial charge in [-0.2, -0.15) is 0 Å². The highest BCUT2D eigenvalue weighted by atomic mass is 32.2. The quantitative estimate of drug-likeness (QED) is 0.630. The van der Waals surface area contributed by atoms with E-state index in [1.54, 1.807) is 25.1 Å². The molecule has 0 bridgehead atoms. The van der Waals surface area contributed by atoms with Crippen molar-refractivity contribution >= 4 is 16.0 Å². The number of aromatic nitrogens is 1. The van der Waals surface area contributed by atoms with Crippen LogP contribution >= 0.6 is 0 Å². The van der Waals surface area contributed by atoms with Gasteiger partial charge in [0, 0.05) is 6.07 Å². The first-order chi connectivity index (χ1) is 12.4. The minimum absolute atomic E-state index is 0.0338. The summed E-state index contributed by atoms with van der Waals surface area (Å²) in [6.07, 6.45) is 1.46. The Bertz CT molecular complexity index is 975. The van der Waals surface area contributed by atoms with E-state index in [4.69, 9.17) is 13.7 Å². The first-order valence-corrected chi connectivity index (χ1v) is 9.14. The third-order valence-corrected chi connectivity index (χ3v) is 4.86. The molecule has 136 valence electrons. The Balaban J connectivity index is 1.60. The summed E-state index contributed by atoms with van der Waals surface area (Å²) in [7, 11) is -3.72. The van der Waals surface area contributed by atoms with Crippen LogP contribution in [0.15, 0.2) is 62.6 Å².